The average Bonchev–Trinajstić information content (AvgIpc) is 2.82. The number of carboxylic acids is 2. The van der Waals surface area contributed by atoms with Gasteiger partial charge in [-0.05, 0) is 69.5 Å². The van der Waals surface area contributed by atoms with Crippen LogP contribution in [0.5, 0.6) is 5.75 Å². The maximum absolute atomic E-state index is 12.8. The van der Waals surface area contributed by atoms with Crippen molar-refractivity contribution in [2.45, 2.75) is 19.2 Å². The van der Waals surface area contributed by atoms with Crippen LogP contribution in [-0.4, -0.2) is 64.4 Å². The first kappa shape index (κ1) is 30.3. The van der Waals surface area contributed by atoms with Crippen LogP contribution < -0.4 is 15.4 Å². The summed E-state index contributed by atoms with van der Waals surface area (Å²) in [5.74, 6) is -2.73. The first-order valence-electron chi connectivity index (χ1n) is 11.2. The van der Waals surface area contributed by atoms with Crippen molar-refractivity contribution in [2.75, 3.05) is 30.8 Å². The van der Waals surface area contributed by atoms with E-state index in [2.05, 4.69) is 20.3 Å². The molecule has 0 unspecified atom stereocenters. The number of nitrogens with one attached hydrogen (secondary N) is 2. The molecule has 0 atom stereocenters. The van der Waals surface area contributed by atoms with Gasteiger partial charge in [0.2, 0.25) is 0 Å². The molecule has 204 valence electrons. The van der Waals surface area contributed by atoms with Crippen LogP contribution in [-0.2, 0) is 9.59 Å². The number of carbonyl (C=O) groups is 3. The van der Waals surface area contributed by atoms with Crippen LogP contribution in [0.15, 0.2) is 60.7 Å². The Morgan fingerprint density at radius 3 is 2.03 bits per heavy atom. The molecule has 0 spiro atoms. The molecule has 1 aliphatic rings. The number of ketones is 1. The summed E-state index contributed by atoms with van der Waals surface area (Å²) < 4.78 is 41.0. The van der Waals surface area contributed by atoms with Gasteiger partial charge in [-0.3, -0.25) is 4.79 Å². The van der Waals surface area contributed by atoms with E-state index in [1.165, 1.54) is 18.2 Å². The number of nitrogens with zero attached hydrogens (tertiary/aromatic N) is 1. The number of hydrogen-bond donors (Lipinski definition) is 4. The minimum atomic E-state index is -4.77. The molecule has 13 heteroatoms. The number of thiocarbonyl (C=S) groups is 1. The molecular weight excluding hydrogens is 527 g/mol. The first-order chi connectivity index (χ1) is 17.8. The largest absolute Gasteiger partial charge is 0.573 e. The van der Waals surface area contributed by atoms with Crippen molar-refractivity contribution in [1.82, 2.24) is 4.90 Å². The second-order valence-corrected chi connectivity index (χ2v) is 8.60. The molecule has 0 aliphatic carbocycles. The summed E-state index contributed by atoms with van der Waals surface area (Å²) >= 11 is 5.24. The van der Waals surface area contributed by atoms with Crippen molar-refractivity contribution < 1.29 is 42.5 Å². The highest BCUT2D eigenvalue weighted by Gasteiger charge is 2.31. The Kier molecular flexibility index (Phi) is 11.2. The van der Waals surface area contributed by atoms with Crippen LogP contribution in [0, 0.1) is 5.92 Å². The Morgan fingerprint density at radius 1 is 0.974 bits per heavy atom. The van der Waals surface area contributed by atoms with E-state index < -0.39 is 18.3 Å². The molecule has 0 saturated carbocycles. The molecule has 1 saturated heterocycles. The molecule has 4 N–H and O–H groups in total. The molecule has 0 bridgehead atoms. The minimum absolute atomic E-state index is 0.0119. The Morgan fingerprint density at radius 2 is 1.50 bits per heavy atom. The lowest BCUT2D eigenvalue weighted by Gasteiger charge is -2.28. The third-order valence-electron chi connectivity index (χ3n) is 5.19. The molecule has 0 amide bonds. The fraction of sp³-hybridized carbons (Fsp3) is 0.280. The number of aliphatic carboxylic acids is 2. The lowest BCUT2D eigenvalue weighted by atomic mass is 9.89. The van der Waals surface area contributed by atoms with Gasteiger partial charge in [0.1, 0.15) is 5.75 Å². The second kappa shape index (κ2) is 14.1. The number of ether oxygens (including phenoxy) is 1. The highest BCUT2D eigenvalue weighted by molar-refractivity contribution is 7.80. The molecule has 3 rings (SSSR count). The van der Waals surface area contributed by atoms with E-state index in [4.69, 9.17) is 22.4 Å². The van der Waals surface area contributed by atoms with Crippen molar-refractivity contribution in [2.24, 2.45) is 5.92 Å². The standard InChI is InChI=1S/C21H22F3N3O2S.C4H4O4/c1-27-10-8-14(9-11-27)19(28)15-4-2-5-16(12-15)25-20(30)26-17-6-3-7-18(13-17)29-21(22,23)24;5-3(6)1-2-4(7)8/h2-7,12-14H,8-11H2,1H3,(H2,25,26,30);1-2H,(H,5,6)(H,7,8). The van der Waals surface area contributed by atoms with Gasteiger partial charge < -0.3 is 30.5 Å². The maximum atomic E-state index is 12.8. The zero-order chi connectivity index (χ0) is 28.3. The Balaban J connectivity index is 0.000000550. The number of alkyl halides is 3. The fourth-order valence-corrected chi connectivity index (χ4v) is 3.70. The normalized spacial score (nSPS) is 14.2. The van der Waals surface area contributed by atoms with Gasteiger partial charge in [0.05, 0.1) is 0 Å². The number of carbonyl (C=O) groups excluding carboxylic acids is 1. The van der Waals surface area contributed by atoms with Crippen LogP contribution in [0.2, 0.25) is 0 Å². The average molecular weight is 554 g/mol. The number of benzene rings is 2. The van der Waals surface area contributed by atoms with Crippen LogP contribution in [0.25, 0.3) is 0 Å². The van der Waals surface area contributed by atoms with Gasteiger partial charge in [0.25, 0.3) is 0 Å². The highest BCUT2D eigenvalue weighted by Crippen LogP contribution is 2.26. The van der Waals surface area contributed by atoms with Gasteiger partial charge in [-0.1, -0.05) is 18.2 Å². The molecular formula is C25H26F3N3O6S. The monoisotopic (exact) mass is 553 g/mol. The quantitative estimate of drug-likeness (QED) is 0.219. The second-order valence-electron chi connectivity index (χ2n) is 8.19. The number of piperidine rings is 1. The summed E-state index contributed by atoms with van der Waals surface area (Å²) in [5, 5.41) is 21.6. The number of rotatable bonds is 7. The van der Waals surface area contributed by atoms with Crippen molar-refractivity contribution in [3.8, 4) is 5.75 Å². The molecule has 2 aromatic rings. The topological polar surface area (TPSA) is 128 Å². The number of hydrogen-bond acceptors (Lipinski definition) is 6. The van der Waals surface area contributed by atoms with E-state index in [0.29, 0.717) is 29.1 Å². The van der Waals surface area contributed by atoms with Crippen LogP contribution in [0.1, 0.15) is 23.2 Å². The number of anilines is 2. The molecule has 1 fully saturated rings. The van der Waals surface area contributed by atoms with Gasteiger partial charge in [-0.2, -0.15) is 0 Å². The number of carboxylic acid groups (broad SMARTS) is 2. The molecule has 0 aromatic heterocycles. The first-order valence-corrected chi connectivity index (χ1v) is 11.6. The maximum Gasteiger partial charge on any atom is 0.573 e. The SMILES string of the molecule is CN1CCC(C(=O)c2cccc(NC(=S)Nc3cccc(OC(F)(F)F)c3)c2)CC1.O=C(O)C=CC(=O)O. The molecule has 1 heterocycles. The van der Waals surface area contributed by atoms with Crippen molar-refractivity contribution in [1.29, 1.82) is 0 Å². The Bertz CT molecular complexity index is 1160. The highest BCUT2D eigenvalue weighted by atomic mass is 32.1. The molecule has 38 heavy (non-hydrogen) atoms. The van der Waals surface area contributed by atoms with Crippen LogP contribution in [0.4, 0.5) is 24.5 Å². The summed E-state index contributed by atoms with van der Waals surface area (Å²) in [5.41, 5.74) is 1.57. The minimum Gasteiger partial charge on any atom is -0.478 e. The smallest absolute Gasteiger partial charge is 0.478 e. The van der Waals surface area contributed by atoms with Gasteiger partial charge in [-0.15, -0.1) is 13.2 Å². The van der Waals surface area contributed by atoms with Crippen molar-refractivity contribution >= 4 is 46.4 Å². The zero-order valence-electron chi connectivity index (χ0n) is 20.2. The van der Waals surface area contributed by atoms with E-state index in [1.807, 2.05) is 7.05 Å². The van der Waals surface area contributed by atoms with Crippen LogP contribution in [0.3, 0.4) is 0 Å². The van der Waals surface area contributed by atoms with Crippen molar-refractivity contribution in [3.05, 3.63) is 66.2 Å². The number of likely N-dealkylation sites (tertiary alicyclic amines) is 1. The molecule has 1 aliphatic heterocycles. The van der Waals surface area contributed by atoms with Gasteiger partial charge >= 0.3 is 18.3 Å². The number of halogens is 3. The van der Waals surface area contributed by atoms with Gasteiger partial charge in [0, 0.05) is 41.1 Å². The summed E-state index contributed by atoms with van der Waals surface area (Å²) in [6.45, 7) is 1.80. The Labute approximate surface area is 221 Å². The fourth-order valence-electron chi connectivity index (χ4n) is 3.46. The number of Topliss-reactive ketones (excluding diaryl/α,β-unsaturated/α-hetero) is 1. The van der Waals surface area contributed by atoms with Gasteiger partial charge in [-0.25, -0.2) is 9.59 Å². The van der Waals surface area contributed by atoms with E-state index in [-0.39, 0.29) is 22.6 Å². The third-order valence-corrected chi connectivity index (χ3v) is 5.39. The van der Waals surface area contributed by atoms with Crippen LogP contribution >= 0.6 is 12.2 Å². The summed E-state index contributed by atoms with van der Waals surface area (Å²) in [6.07, 6.45) is -1.98. The predicted molar refractivity (Wildman–Crippen MR) is 138 cm³/mol. The lowest BCUT2D eigenvalue weighted by Crippen LogP contribution is -2.33. The zero-order valence-corrected chi connectivity index (χ0v) is 21.0. The van der Waals surface area contributed by atoms with E-state index in [9.17, 15) is 27.6 Å². The molecule has 9 nitrogen and oxygen atoms in total. The summed E-state index contributed by atoms with van der Waals surface area (Å²) in [4.78, 5) is 34.1. The Hall–Kier alpha value is -3.97. The van der Waals surface area contributed by atoms with Crippen molar-refractivity contribution in [3.63, 3.8) is 0 Å². The van der Waals surface area contributed by atoms with E-state index >= 15 is 0 Å². The lowest BCUT2D eigenvalue weighted by molar-refractivity contribution is -0.274. The molecule has 2 aromatic carbocycles. The third kappa shape index (κ3) is 11.4. The van der Waals surface area contributed by atoms with E-state index in [0.717, 1.165) is 25.9 Å². The van der Waals surface area contributed by atoms with E-state index in [1.54, 1.807) is 30.3 Å². The van der Waals surface area contributed by atoms with Gasteiger partial charge in [0.15, 0.2) is 10.9 Å². The summed E-state index contributed by atoms with van der Waals surface area (Å²) in [7, 11) is 2.05. The predicted octanol–water partition coefficient (Wildman–Crippen LogP) is 4.63. The molecule has 0 radical (unpaired) electrons. The summed E-state index contributed by atoms with van der Waals surface area (Å²) in [6, 6.07) is 12.4.